The van der Waals surface area contributed by atoms with Crippen molar-refractivity contribution in [3.8, 4) is 0 Å². The topological polar surface area (TPSA) is 198 Å². The van der Waals surface area contributed by atoms with Gasteiger partial charge in [-0.2, -0.15) is 0 Å². The Morgan fingerprint density at radius 2 is 1.53 bits per heavy atom. The highest BCUT2D eigenvalue weighted by molar-refractivity contribution is 6.25. The monoisotopic (exact) mass is 879 g/mol. The number of piperazine rings is 1. The van der Waals surface area contributed by atoms with Gasteiger partial charge in [0.1, 0.15) is 6.04 Å². The van der Waals surface area contributed by atoms with Gasteiger partial charge in [0.25, 0.3) is 30.1 Å². The van der Waals surface area contributed by atoms with Crippen molar-refractivity contribution in [3.05, 3.63) is 83.1 Å². The van der Waals surface area contributed by atoms with Crippen molar-refractivity contribution in [2.75, 3.05) is 80.6 Å². The second-order valence-corrected chi connectivity index (χ2v) is 17.4. The number of imide groups is 2. The molecule has 0 aliphatic carbocycles. The Balaban J connectivity index is 0.805. The minimum Gasteiger partial charge on any atom is -0.404 e. The molecule has 4 fully saturated rings. The van der Waals surface area contributed by atoms with Crippen molar-refractivity contribution in [1.82, 2.24) is 34.9 Å². The third-order valence-corrected chi connectivity index (χ3v) is 13.5. The van der Waals surface area contributed by atoms with Crippen LogP contribution in [0.3, 0.4) is 0 Å². The van der Waals surface area contributed by atoms with Crippen LogP contribution < -0.4 is 26.2 Å². The van der Waals surface area contributed by atoms with Crippen LogP contribution in [0.4, 0.5) is 25.8 Å². The molecule has 1 atom stereocenters. The van der Waals surface area contributed by atoms with Crippen molar-refractivity contribution in [1.29, 1.82) is 0 Å². The Bertz CT molecular complexity index is 2380. The van der Waals surface area contributed by atoms with E-state index in [-0.39, 0.29) is 53.9 Å². The average Bonchev–Trinajstić information content (AvgIpc) is 3.74. The normalized spacial score (nSPS) is 21.8. The molecule has 6 aliphatic rings. The number of hydrogen-bond donors (Lipinski definition) is 3. The first-order valence-electron chi connectivity index (χ1n) is 22.0. The number of fused-ring (bicyclic) bond motifs is 2. The molecule has 1 aromatic heterocycles. The fourth-order valence-electron chi connectivity index (χ4n) is 10.1. The summed E-state index contributed by atoms with van der Waals surface area (Å²) in [4.78, 5) is 98.3. The van der Waals surface area contributed by atoms with Gasteiger partial charge in [-0.15, -0.1) is 0 Å². The standard InChI is InChI=1S/C45H51F2N11O6/c46-38(47)26-54-16-18-56(19-17-54)37-22-32-28(20-35(37)51-41(60)34(23-48)40-49-10-1-11-50-40)25-57(43(32)62)29-8-12-53(13-9-29)24-27-6-14-55(15-7-27)30-2-3-31-33(21-30)45(64)58(44(31)63)36-4-5-39(59)52-42(36)61/h1-3,10-11,20-23,27,29,36,38H,4-9,12-19,24-26,48H2,(H,51,60)(H,52,59,61)/b34-23+. The lowest BCUT2D eigenvalue weighted by Crippen LogP contribution is -2.54. The van der Waals surface area contributed by atoms with Crippen LogP contribution in [0.1, 0.15) is 81.0 Å². The van der Waals surface area contributed by atoms with Gasteiger partial charge in [0.2, 0.25) is 11.8 Å². The Kier molecular flexibility index (Phi) is 12.1. The Labute approximate surface area is 368 Å². The zero-order chi connectivity index (χ0) is 44.6. The summed E-state index contributed by atoms with van der Waals surface area (Å²) in [5.41, 5.74) is 9.87. The first-order chi connectivity index (χ1) is 30.9. The summed E-state index contributed by atoms with van der Waals surface area (Å²) >= 11 is 0. The number of nitrogens with zero attached hydrogens (tertiary/aromatic N) is 8. The fraction of sp³-hybridized carbons (Fsp3) is 0.467. The Hall–Kier alpha value is -6.34. The molecule has 4 saturated heterocycles. The van der Waals surface area contributed by atoms with Crippen molar-refractivity contribution in [2.24, 2.45) is 11.7 Å². The molecular weight excluding hydrogens is 829 g/mol. The van der Waals surface area contributed by atoms with Gasteiger partial charge >= 0.3 is 0 Å². The number of carbonyl (C=O) groups is 6. The lowest BCUT2D eigenvalue weighted by atomic mass is 9.94. The smallest absolute Gasteiger partial charge is 0.262 e. The molecule has 3 aromatic rings. The summed E-state index contributed by atoms with van der Waals surface area (Å²) in [5, 5.41) is 5.23. The molecule has 0 saturated carbocycles. The van der Waals surface area contributed by atoms with Gasteiger partial charge in [-0.3, -0.25) is 43.9 Å². The van der Waals surface area contributed by atoms with Crippen LogP contribution in [-0.4, -0.2) is 149 Å². The van der Waals surface area contributed by atoms with E-state index in [4.69, 9.17) is 5.73 Å². The minimum absolute atomic E-state index is 0.0414. The number of amides is 6. The number of piperidine rings is 3. The molecule has 336 valence electrons. The number of aromatic nitrogens is 2. The van der Waals surface area contributed by atoms with Gasteiger partial charge in [0.05, 0.1) is 34.6 Å². The first-order valence-corrected chi connectivity index (χ1v) is 22.0. The number of rotatable bonds is 11. The highest BCUT2D eigenvalue weighted by Gasteiger charge is 2.45. The lowest BCUT2D eigenvalue weighted by molar-refractivity contribution is -0.136. The largest absolute Gasteiger partial charge is 0.404 e. The molecular formula is C45H51F2N11O6. The van der Waals surface area contributed by atoms with E-state index in [1.54, 1.807) is 23.1 Å². The van der Waals surface area contributed by atoms with Crippen LogP contribution in [0, 0.1) is 5.92 Å². The summed E-state index contributed by atoms with van der Waals surface area (Å²) in [6.07, 6.45) is 5.49. The maximum absolute atomic E-state index is 14.1. The van der Waals surface area contributed by atoms with Gasteiger partial charge in [-0.05, 0) is 80.0 Å². The second kappa shape index (κ2) is 18.0. The predicted octanol–water partition coefficient (Wildman–Crippen LogP) is 2.54. The minimum atomic E-state index is -2.44. The number of carbonyl (C=O) groups excluding carboxylic acids is 6. The first kappa shape index (κ1) is 42.9. The van der Waals surface area contributed by atoms with Crippen molar-refractivity contribution in [3.63, 3.8) is 0 Å². The molecule has 0 bridgehead atoms. The number of likely N-dealkylation sites (tertiary alicyclic amines) is 1. The molecule has 0 radical (unpaired) electrons. The Morgan fingerprint density at radius 3 is 2.22 bits per heavy atom. The number of hydrogen-bond acceptors (Lipinski definition) is 13. The maximum Gasteiger partial charge on any atom is 0.262 e. The molecule has 64 heavy (non-hydrogen) atoms. The van der Waals surface area contributed by atoms with Crippen molar-refractivity contribution in [2.45, 2.75) is 63.6 Å². The van der Waals surface area contributed by atoms with E-state index >= 15 is 0 Å². The molecule has 4 N–H and O–H groups in total. The van der Waals surface area contributed by atoms with Crippen LogP contribution >= 0.6 is 0 Å². The van der Waals surface area contributed by atoms with Crippen LogP contribution in [0.5, 0.6) is 0 Å². The van der Waals surface area contributed by atoms with E-state index < -0.39 is 42.0 Å². The summed E-state index contributed by atoms with van der Waals surface area (Å²) in [7, 11) is 0. The average molecular weight is 880 g/mol. The lowest BCUT2D eigenvalue weighted by Gasteiger charge is -2.40. The van der Waals surface area contributed by atoms with Crippen LogP contribution in [0.25, 0.3) is 5.57 Å². The third-order valence-electron chi connectivity index (χ3n) is 13.5. The number of benzene rings is 2. The number of nitrogens with one attached hydrogen (secondary N) is 2. The highest BCUT2D eigenvalue weighted by Crippen LogP contribution is 2.38. The van der Waals surface area contributed by atoms with E-state index in [2.05, 4.69) is 30.4 Å². The number of anilines is 3. The number of halogens is 2. The van der Waals surface area contributed by atoms with Gasteiger partial charge in [-0.1, -0.05) is 0 Å². The van der Waals surface area contributed by atoms with Crippen LogP contribution in [-0.2, 0) is 20.9 Å². The quantitative estimate of drug-likeness (QED) is 0.188. The van der Waals surface area contributed by atoms with E-state index in [1.165, 1.54) is 12.4 Å². The summed E-state index contributed by atoms with van der Waals surface area (Å²) < 4.78 is 26.4. The maximum atomic E-state index is 14.1. The van der Waals surface area contributed by atoms with E-state index in [1.807, 2.05) is 28.0 Å². The summed E-state index contributed by atoms with van der Waals surface area (Å²) in [6, 6.07) is 9.62. The molecule has 0 spiro atoms. The van der Waals surface area contributed by atoms with Gasteiger partial charge in [0, 0.05) is 108 Å². The Morgan fingerprint density at radius 1 is 0.812 bits per heavy atom. The van der Waals surface area contributed by atoms with Crippen molar-refractivity contribution < 1.29 is 37.5 Å². The van der Waals surface area contributed by atoms with Gasteiger partial charge in [-0.25, -0.2) is 18.7 Å². The summed E-state index contributed by atoms with van der Waals surface area (Å²) in [5.74, 6) is -2.00. The van der Waals surface area contributed by atoms with E-state index in [9.17, 15) is 37.5 Å². The zero-order valence-corrected chi connectivity index (χ0v) is 35.4. The van der Waals surface area contributed by atoms with Crippen LogP contribution in [0.2, 0.25) is 0 Å². The van der Waals surface area contributed by atoms with Gasteiger partial charge in [0.15, 0.2) is 5.82 Å². The summed E-state index contributed by atoms with van der Waals surface area (Å²) in [6.45, 7) is 6.01. The van der Waals surface area contributed by atoms with Crippen molar-refractivity contribution >= 4 is 58.1 Å². The third kappa shape index (κ3) is 8.53. The predicted molar refractivity (Wildman–Crippen MR) is 231 cm³/mol. The van der Waals surface area contributed by atoms with E-state index in [0.29, 0.717) is 55.6 Å². The fourth-order valence-corrected chi connectivity index (χ4v) is 10.1. The molecule has 19 heteroatoms. The molecule has 17 nitrogen and oxygen atoms in total. The number of alkyl halides is 2. The van der Waals surface area contributed by atoms with Crippen LogP contribution in [0.15, 0.2) is 55.0 Å². The molecule has 1 unspecified atom stereocenters. The SMILES string of the molecule is N/C=C(/C(=O)Nc1cc2c(cc1N1CCN(CC(F)F)CC1)C(=O)N(C1CCN(CC3CCN(c4ccc5c(c4)C(=O)N(C4CCC(=O)NC4=O)C5=O)CC3)CC1)C2)c1ncccn1. The molecule has 6 aliphatic heterocycles. The van der Waals surface area contributed by atoms with E-state index in [0.717, 1.165) is 80.8 Å². The molecule has 6 amide bonds. The second-order valence-electron chi connectivity index (χ2n) is 17.4. The van der Waals surface area contributed by atoms with Gasteiger partial charge < -0.3 is 30.7 Å². The molecule has 2 aromatic carbocycles. The zero-order valence-electron chi connectivity index (χ0n) is 35.4. The molecule has 7 heterocycles. The number of nitrogens with two attached hydrogens (primary N) is 1. The highest BCUT2D eigenvalue weighted by atomic mass is 19.3. The molecule has 9 rings (SSSR count).